The molecule has 0 saturated heterocycles. The van der Waals surface area contributed by atoms with Crippen LogP contribution in [0, 0.1) is 13.8 Å². The Morgan fingerprint density at radius 1 is 0.727 bits per heavy atom. The molecule has 0 aliphatic heterocycles. The fourth-order valence-corrected chi connectivity index (χ4v) is 4.16. The zero-order chi connectivity index (χ0) is 31.7. The van der Waals surface area contributed by atoms with Gasteiger partial charge in [-0.3, -0.25) is 0 Å². The van der Waals surface area contributed by atoms with Gasteiger partial charge in [-0.05, 0) is 54.9 Å². The first kappa shape index (κ1) is 31.7. The lowest BCUT2D eigenvalue weighted by atomic mass is 10.1. The molecule has 4 aromatic carbocycles. The summed E-state index contributed by atoms with van der Waals surface area (Å²) >= 11 is 0. The second-order valence-electron chi connectivity index (χ2n) is 9.59. The van der Waals surface area contributed by atoms with E-state index >= 15 is 0 Å². The third-order valence-electron chi connectivity index (χ3n) is 6.30. The lowest BCUT2D eigenvalue weighted by Crippen LogP contribution is -2.37. The molecule has 5 aromatic rings. The molecule has 0 bridgehead atoms. The van der Waals surface area contributed by atoms with Gasteiger partial charge in [-0.15, -0.1) is 5.11 Å². The van der Waals surface area contributed by atoms with Gasteiger partial charge in [0.05, 0.1) is 36.8 Å². The van der Waals surface area contributed by atoms with Gasteiger partial charge in [-0.2, -0.15) is 5.11 Å². The minimum absolute atomic E-state index is 0.632. The summed E-state index contributed by atoms with van der Waals surface area (Å²) in [6.07, 6.45) is 1.76. The molecule has 1 heterocycles. The molecule has 0 aliphatic rings. The van der Waals surface area contributed by atoms with Crippen molar-refractivity contribution in [2.24, 2.45) is 10.2 Å². The summed E-state index contributed by atoms with van der Waals surface area (Å²) in [4.78, 5) is 0. The van der Waals surface area contributed by atoms with E-state index in [1.165, 1.54) is 5.56 Å². The molecular formula is C32H30BF4N5O2. The van der Waals surface area contributed by atoms with Crippen molar-refractivity contribution < 1.29 is 31.4 Å². The number of hydrogen-bond acceptors (Lipinski definition) is 6. The summed E-state index contributed by atoms with van der Waals surface area (Å²) in [5.74, 6) is 1.33. The van der Waals surface area contributed by atoms with Crippen molar-refractivity contribution in [2.45, 2.75) is 13.8 Å². The van der Waals surface area contributed by atoms with Crippen LogP contribution >= 0.6 is 0 Å². The summed E-state index contributed by atoms with van der Waals surface area (Å²) in [5.41, 5.74) is 7.82. The number of nitrogens with one attached hydrogen (secondary N) is 1. The predicted octanol–water partition coefficient (Wildman–Crippen LogP) is 9.12. The largest absolute Gasteiger partial charge is 0.673 e. The molecule has 12 heteroatoms. The third-order valence-corrected chi connectivity index (χ3v) is 6.30. The molecule has 0 amide bonds. The van der Waals surface area contributed by atoms with Crippen molar-refractivity contribution in [2.75, 3.05) is 19.5 Å². The summed E-state index contributed by atoms with van der Waals surface area (Å²) in [7, 11) is -2.75. The first-order valence-corrected chi connectivity index (χ1v) is 13.5. The van der Waals surface area contributed by atoms with Gasteiger partial charge in [0.1, 0.15) is 17.7 Å². The first-order valence-electron chi connectivity index (χ1n) is 13.5. The molecule has 0 spiro atoms. The second kappa shape index (κ2) is 14.3. The second-order valence-corrected chi connectivity index (χ2v) is 9.59. The SMILES string of the molecule is COc1ccc(Nc2cn[n+](-c3ccc(C)cc3)c(-c3ccccc3)c2N=Nc2ccc(C)cc2)c(OC)c1.F[B-](F)(F)F. The number of hydrogen-bond donors (Lipinski definition) is 1. The Morgan fingerprint density at radius 3 is 1.93 bits per heavy atom. The van der Waals surface area contributed by atoms with Crippen LogP contribution in [0.15, 0.2) is 113 Å². The monoisotopic (exact) mass is 603 g/mol. The summed E-state index contributed by atoms with van der Waals surface area (Å²) < 4.78 is 51.9. The Balaban J connectivity index is 0.000000818. The van der Waals surface area contributed by atoms with E-state index in [0.29, 0.717) is 22.9 Å². The standard InChI is InChI=1S/C32H29N5O2.BF4/c1-22-10-14-25(15-11-22)35-36-31-29(34-28-19-18-27(38-3)20-30(28)39-4)21-33-37(26-16-12-23(2)13-17-26)32(31)24-8-6-5-7-9-24;2-1(3,4)5/h5-21H,1-4H3;/q;-1/p+1. The van der Waals surface area contributed by atoms with Crippen LogP contribution < -0.4 is 19.5 Å². The van der Waals surface area contributed by atoms with Crippen LogP contribution in [0.1, 0.15) is 11.1 Å². The summed E-state index contributed by atoms with van der Waals surface area (Å²) in [6, 6.07) is 31.9. The maximum absolute atomic E-state index is 9.75. The van der Waals surface area contributed by atoms with Gasteiger partial charge in [0.25, 0.3) is 5.69 Å². The Kier molecular flexibility index (Phi) is 10.3. The van der Waals surface area contributed by atoms with E-state index in [9.17, 15) is 17.3 Å². The maximum Gasteiger partial charge on any atom is 0.673 e. The highest BCUT2D eigenvalue weighted by Crippen LogP contribution is 2.39. The van der Waals surface area contributed by atoms with Crippen LogP contribution in [0.3, 0.4) is 0 Å². The molecule has 0 aliphatic carbocycles. The van der Waals surface area contributed by atoms with Crippen LogP contribution in [0.2, 0.25) is 0 Å². The quantitative estimate of drug-likeness (QED) is 0.0831. The van der Waals surface area contributed by atoms with Crippen molar-refractivity contribution in [3.8, 4) is 28.4 Å². The van der Waals surface area contributed by atoms with Crippen molar-refractivity contribution in [1.82, 2.24) is 5.10 Å². The number of methoxy groups -OCH3 is 2. The molecule has 5 rings (SSSR count). The third kappa shape index (κ3) is 8.63. The molecule has 0 radical (unpaired) electrons. The van der Waals surface area contributed by atoms with Crippen LogP contribution in [0.5, 0.6) is 11.5 Å². The van der Waals surface area contributed by atoms with Crippen LogP contribution in [0.4, 0.5) is 40.0 Å². The van der Waals surface area contributed by atoms with Gasteiger partial charge < -0.3 is 32.1 Å². The van der Waals surface area contributed by atoms with Crippen molar-refractivity contribution >= 4 is 30.0 Å². The van der Waals surface area contributed by atoms with Gasteiger partial charge in [-0.25, -0.2) is 0 Å². The summed E-state index contributed by atoms with van der Waals surface area (Å²) in [6.45, 7) is 4.11. The number of azo groups is 1. The van der Waals surface area contributed by atoms with E-state index in [-0.39, 0.29) is 0 Å². The number of aromatic nitrogens is 2. The highest BCUT2D eigenvalue weighted by molar-refractivity contribution is 6.50. The Labute approximate surface area is 252 Å². The number of aryl methyl sites for hydroxylation is 2. The highest BCUT2D eigenvalue weighted by Gasteiger charge is 2.27. The average molecular weight is 603 g/mol. The molecule has 226 valence electrons. The molecule has 1 aromatic heterocycles. The van der Waals surface area contributed by atoms with Gasteiger partial charge in [0, 0.05) is 23.3 Å². The Hall–Kier alpha value is -5.26. The number of nitrogens with zero attached hydrogens (tertiary/aromatic N) is 4. The fraction of sp³-hybridized carbons (Fsp3) is 0.125. The lowest BCUT2D eigenvalue weighted by Gasteiger charge is -2.14. The molecule has 1 N–H and O–H groups in total. The zero-order valence-electron chi connectivity index (χ0n) is 24.5. The number of rotatable bonds is 8. The zero-order valence-corrected chi connectivity index (χ0v) is 24.5. The summed E-state index contributed by atoms with van der Waals surface area (Å²) in [5, 5.41) is 17.8. The van der Waals surface area contributed by atoms with E-state index < -0.39 is 7.25 Å². The Bertz CT molecular complexity index is 1710. The minimum Gasteiger partial charge on any atom is -0.497 e. The Morgan fingerprint density at radius 2 is 1.34 bits per heavy atom. The molecule has 0 atom stereocenters. The lowest BCUT2D eigenvalue weighted by molar-refractivity contribution is -0.648. The molecule has 0 saturated carbocycles. The fourth-order valence-electron chi connectivity index (χ4n) is 4.16. The van der Waals surface area contributed by atoms with Crippen molar-refractivity contribution in [3.63, 3.8) is 0 Å². The predicted molar refractivity (Wildman–Crippen MR) is 164 cm³/mol. The minimum atomic E-state index is -6.00. The van der Waals surface area contributed by atoms with E-state index in [0.717, 1.165) is 33.9 Å². The van der Waals surface area contributed by atoms with Crippen LogP contribution in [-0.4, -0.2) is 26.6 Å². The molecule has 7 nitrogen and oxygen atoms in total. The van der Waals surface area contributed by atoms with E-state index in [4.69, 9.17) is 19.7 Å². The van der Waals surface area contributed by atoms with E-state index in [2.05, 4.69) is 41.6 Å². The maximum atomic E-state index is 9.75. The van der Waals surface area contributed by atoms with Gasteiger partial charge in [-0.1, -0.05) is 53.6 Å². The molecule has 0 fully saturated rings. The number of halogens is 4. The number of anilines is 2. The van der Waals surface area contributed by atoms with Gasteiger partial charge >= 0.3 is 7.25 Å². The van der Waals surface area contributed by atoms with Crippen molar-refractivity contribution in [3.05, 3.63) is 114 Å². The normalized spacial score (nSPS) is 11.1. The van der Waals surface area contributed by atoms with Gasteiger partial charge in [0.15, 0.2) is 5.69 Å². The molecular weight excluding hydrogens is 573 g/mol. The van der Waals surface area contributed by atoms with Crippen LogP contribution in [-0.2, 0) is 0 Å². The van der Waals surface area contributed by atoms with Gasteiger partial charge in [0.2, 0.25) is 5.69 Å². The van der Waals surface area contributed by atoms with E-state index in [1.54, 1.807) is 20.4 Å². The topological polar surface area (TPSA) is 72.0 Å². The number of benzene rings is 4. The number of ether oxygens (including phenoxy) is 2. The highest BCUT2D eigenvalue weighted by atomic mass is 19.5. The van der Waals surface area contributed by atoms with Crippen molar-refractivity contribution in [1.29, 1.82) is 0 Å². The van der Waals surface area contributed by atoms with Crippen LogP contribution in [0.25, 0.3) is 16.9 Å². The first-order chi connectivity index (χ1) is 21.1. The smallest absolute Gasteiger partial charge is 0.497 e. The molecule has 44 heavy (non-hydrogen) atoms. The average Bonchev–Trinajstić information content (AvgIpc) is 3.01. The molecule has 0 unspecified atom stereocenters. The van der Waals surface area contributed by atoms with E-state index in [1.807, 2.05) is 84.4 Å².